The van der Waals surface area contributed by atoms with E-state index >= 15 is 0 Å². The lowest BCUT2D eigenvalue weighted by Gasteiger charge is -2.37. The van der Waals surface area contributed by atoms with Crippen LogP contribution in [0, 0.1) is 5.92 Å². The molecule has 3 nitrogen and oxygen atoms in total. The molecular formula is C12H22N2O. The van der Waals surface area contributed by atoms with Gasteiger partial charge in [-0.2, -0.15) is 0 Å². The summed E-state index contributed by atoms with van der Waals surface area (Å²) in [7, 11) is 1.75. The highest BCUT2D eigenvalue weighted by Crippen LogP contribution is 2.28. The zero-order valence-electron chi connectivity index (χ0n) is 9.59. The first-order chi connectivity index (χ1) is 7.31. The summed E-state index contributed by atoms with van der Waals surface area (Å²) >= 11 is 0. The molecule has 0 bridgehead atoms. The van der Waals surface area contributed by atoms with Gasteiger partial charge in [0.25, 0.3) is 0 Å². The minimum atomic E-state index is 0.212. The third-order valence-corrected chi connectivity index (χ3v) is 3.90. The minimum absolute atomic E-state index is 0.212. The van der Waals surface area contributed by atoms with Crippen LogP contribution in [0.3, 0.4) is 0 Å². The highest BCUT2D eigenvalue weighted by molar-refractivity contribution is 5.79. The van der Waals surface area contributed by atoms with Crippen LogP contribution < -0.4 is 10.6 Å². The van der Waals surface area contributed by atoms with Gasteiger partial charge in [-0.05, 0) is 25.7 Å². The van der Waals surface area contributed by atoms with Crippen LogP contribution in [0.2, 0.25) is 0 Å². The van der Waals surface area contributed by atoms with Crippen LogP contribution >= 0.6 is 0 Å². The van der Waals surface area contributed by atoms with Crippen molar-refractivity contribution in [3.05, 3.63) is 0 Å². The van der Waals surface area contributed by atoms with Gasteiger partial charge in [0.15, 0.2) is 0 Å². The van der Waals surface area contributed by atoms with E-state index in [2.05, 4.69) is 10.6 Å². The van der Waals surface area contributed by atoms with Crippen molar-refractivity contribution in [1.82, 2.24) is 10.6 Å². The Bertz CT molecular complexity index is 226. The van der Waals surface area contributed by atoms with Crippen molar-refractivity contribution < 1.29 is 4.79 Å². The number of amides is 1. The zero-order valence-corrected chi connectivity index (χ0v) is 9.59. The van der Waals surface area contributed by atoms with Crippen LogP contribution in [0.1, 0.15) is 44.9 Å². The van der Waals surface area contributed by atoms with Crippen LogP contribution in [0.25, 0.3) is 0 Å². The maximum Gasteiger partial charge on any atom is 0.224 e. The van der Waals surface area contributed by atoms with Crippen molar-refractivity contribution in [2.24, 2.45) is 5.92 Å². The predicted molar refractivity (Wildman–Crippen MR) is 60.6 cm³/mol. The summed E-state index contributed by atoms with van der Waals surface area (Å²) in [4.78, 5) is 11.7. The highest BCUT2D eigenvalue weighted by Gasteiger charge is 2.32. The fourth-order valence-electron chi connectivity index (χ4n) is 2.71. The summed E-state index contributed by atoms with van der Waals surface area (Å²) in [6, 6.07) is 1.13. The topological polar surface area (TPSA) is 41.1 Å². The molecule has 2 fully saturated rings. The van der Waals surface area contributed by atoms with Gasteiger partial charge in [0.05, 0.1) is 5.92 Å². The molecule has 86 valence electrons. The number of hydrogen-bond acceptors (Lipinski definition) is 2. The summed E-state index contributed by atoms with van der Waals surface area (Å²) < 4.78 is 0. The number of carbonyl (C=O) groups is 1. The first-order valence-electron chi connectivity index (χ1n) is 6.29. The highest BCUT2D eigenvalue weighted by atomic mass is 16.1. The average molecular weight is 210 g/mol. The molecule has 2 unspecified atom stereocenters. The largest absolute Gasteiger partial charge is 0.359 e. The fourth-order valence-corrected chi connectivity index (χ4v) is 2.71. The normalized spacial score (nSPS) is 32.1. The lowest BCUT2D eigenvalue weighted by Crippen LogP contribution is -2.51. The molecule has 2 atom stereocenters. The van der Waals surface area contributed by atoms with E-state index in [0.717, 1.165) is 6.42 Å². The van der Waals surface area contributed by atoms with Gasteiger partial charge in [-0.3, -0.25) is 4.79 Å². The second kappa shape index (κ2) is 4.97. The zero-order chi connectivity index (χ0) is 10.7. The second-order valence-corrected chi connectivity index (χ2v) is 4.91. The van der Waals surface area contributed by atoms with Crippen LogP contribution in [0.4, 0.5) is 0 Å². The van der Waals surface area contributed by atoms with E-state index < -0.39 is 0 Å². The summed E-state index contributed by atoms with van der Waals surface area (Å²) in [6.45, 7) is 0. The lowest BCUT2D eigenvalue weighted by molar-refractivity contribution is -0.126. The Morgan fingerprint density at radius 3 is 2.40 bits per heavy atom. The van der Waals surface area contributed by atoms with Crippen LogP contribution in [0.15, 0.2) is 0 Å². The first kappa shape index (κ1) is 10.9. The predicted octanol–water partition coefficient (Wildman–Crippen LogP) is 1.43. The van der Waals surface area contributed by atoms with E-state index in [1.54, 1.807) is 7.05 Å². The third kappa shape index (κ3) is 2.51. The van der Waals surface area contributed by atoms with E-state index in [9.17, 15) is 4.79 Å². The molecule has 0 aromatic heterocycles. The quantitative estimate of drug-likeness (QED) is 0.740. The molecule has 0 saturated heterocycles. The first-order valence-corrected chi connectivity index (χ1v) is 6.29. The van der Waals surface area contributed by atoms with Gasteiger partial charge >= 0.3 is 0 Å². The summed E-state index contributed by atoms with van der Waals surface area (Å²) in [5.41, 5.74) is 0. The van der Waals surface area contributed by atoms with E-state index in [0.29, 0.717) is 12.1 Å². The Kier molecular flexibility index (Phi) is 3.62. The molecule has 2 saturated carbocycles. The summed E-state index contributed by atoms with van der Waals surface area (Å²) in [5.74, 6) is 0.441. The van der Waals surface area contributed by atoms with Crippen molar-refractivity contribution >= 4 is 5.91 Å². The molecule has 0 aromatic carbocycles. The molecule has 1 amide bonds. The van der Waals surface area contributed by atoms with Gasteiger partial charge < -0.3 is 10.6 Å². The van der Waals surface area contributed by atoms with Gasteiger partial charge in [0.2, 0.25) is 5.91 Å². The molecule has 0 radical (unpaired) electrons. The van der Waals surface area contributed by atoms with E-state index in [1.165, 1.54) is 38.5 Å². The van der Waals surface area contributed by atoms with E-state index in [-0.39, 0.29) is 11.8 Å². The van der Waals surface area contributed by atoms with Crippen LogP contribution in [-0.2, 0) is 4.79 Å². The monoisotopic (exact) mass is 210 g/mol. The molecule has 0 aromatic rings. The van der Waals surface area contributed by atoms with Crippen molar-refractivity contribution in [2.75, 3.05) is 7.05 Å². The molecule has 0 aliphatic heterocycles. The smallest absolute Gasteiger partial charge is 0.224 e. The van der Waals surface area contributed by atoms with Gasteiger partial charge in [-0.15, -0.1) is 0 Å². The Labute approximate surface area is 92.0 Å². The van der Waals surface area contributed by atoms with Crippen LogP contribution in [-0.4, -0.2) is 25.0 Å². The Balaban J connectivity index is 1.89. The lowest BCUT2D eigenvalue weighted by atomic mass is 9.82. The van der Waals surface area contributed by atoms with E-state index in [1.807, 2.05) is 0 Å². The van der Waals surface area contributed by atoms with Gasteiger partial charge in [0, 0.05) is 19.1 Å². The maximum absolute atomic E-state index is 11.7. The van der Waals surface area contributed by atoms with Gasteiger partial charge in [0.1, 0.15) is 0 Å². The Morgan fingerprint density at radius 2 is 1.80 bits per heavy atom. The minimum Gasteiger partial charge on any atom is -0.359 e. The van der Waals surface area contributed by atoms with Gasteiger partial charge in [-0.25, -0.2) is 0 Å². The Morgan fingerprint density at radius 1 is 1.07 bits per heavy atom. The number of hydrogen-bond donors (Lipinski definition) is 2. The number of rotatable bonds is 3. The second-order valence-electron chi connectivity index (χ2n) is 4.91. The molecule has 3 heteroatoms. The van der Waals surface area contributed by atoms with E-state index in [4.69, 9.17) is 0 Å². The number of carbonyl (C=O) groups excluding carboxylic acids is 1. The molecule has 2 rings (SSSR count). The maximum atomic E-state index is 11.7. The average Bonchev–Trinajstić information content (AvgIpc) is 2.23. The molecule has 2 aliphatic rings. The number of nitrogens with one attached hydrogen (secondary N) is 2. The molecule has 0 spiro atoms. The molecule has 0 heterocycles. The standard InChI is InChI=1S/C12H22N2O/c1-13-12(15)10-7-2-3-8-11(10)14-9-5-4-6-9/h9-11,14H,2-8H2,1H3,(H,13,15). The molecular weight excluding hydrogens is 188 g/mol. The summed E-state index contributed by atoms with van der Waals surface area (Å²) in [6.07, 6.45) is 8.68. The Hall–Kier alpha value is -0.570. The SMILES string of the molecule is CNC(=O)C1CCCCC1NC1CCC1. The van der Waals surface area contributed by atoms with Gasteiger partial charge in [-0.1, -0.05) is 19.3 Å². The summed E-state index contributed by atoms with van der Waals surface area (Å²) in [5, 5.41) is 6.45. The third-order valence-electron chi connectivity index (χ3n) is 3.90. The van der Waals surface area contributed by atoms with Crippen LogP contribution in [0.5, 0.6) is 0 Å². The van der Waals surface area contributed by atoms with Crippen molar-refractivity contribution in [3.63, 3.8) is 0 Å². The fraction of sp³-hybridized carbons (Fsp3) is 0.917. The van der Waals surface area contributed by atoms with Crippen molar-refractivity contribution in [1.29, 1.82) is 0 Å². The van der Waals surface area contributed by atoms with Crippen molar-refractivity contribution in [2.45, 2.75) is 57.0 Å². The van der Waals surface area contributed by atoms with Crippen molar-refractivity contribution in [3.8, 4) is 0 Å². The molecule has 15 heavy (non-hydrogen) atoms. The molecule has 2 aliphatic carbocycles. The molecule has 2 N–H and O–H groups in total.